The molecule has 25 heavy (non-hydrogen) atoms. The van der Waals surface area contributed by atoms with Crippen molar-refractivity contribution in [1.82, 2.24) is 4.90 Å². The first-order valence-electron chi connectivity index (χ1n) is 8.04. The molecule has 1 aliphatic carbocycles. The molecule has 6 heteroatoms. The summed E-state index contributed by atoms with van der Waals surface area (Å²) in [6, 6.07) is 9.83. The highest BCUT2D eigenvalue weighted by Gasteiger charge is 2.33. The summed E-state index contributed by atoms with van der Waals surface area (Å²) in [7, 11) is 0. The average molecular weight is 343 g/mol. The molecule has 0 unspecified atom stereocenters. The zero-order valence-corrected chi connectivity index (χ0v) is 13.6. The Balaban J connectivity index is 1.54. The second-order valence-electron chi connectivity index (χ2n) is 5.80. The summed E-state index contributed by atoms with van der Waals surface area (Å²) in [6.07, 6.45) is 5.92. The van der Waals surface area contributed by atoms with E-state index in [9.17, 15) is 14.0 Å². The van der Waals surface area contributed by atoms with Gasteiger partial charge in [-0.25, -0.2) is 9.18 Å². The van der Waals surface area contributed by atoms with Gasteiger partial charge < -0.3 is 14.1 Å². The number of hydrogen-bond donors (Lipinski definition) is 0. The maximum atomic E-state index is 13.8. The van der Waals surface area contributed by atoms with Crippen LogP contribution in [0.5, 0.6) is 0 Å². The third-order valence-corrected chi connectivity index (χ3v) is 3.87. The van der Waals surface area contributed by atoms with Crippen molar-refractivity contribution >= 4 is 18.0 Å². The number of halogens is 1. The lowest BCUT2D eigenvalue weighted by molar-refractivity contribution is -0.148. The van der Waals surface area contributed by atoms with Gasteiger partial charge in [0.2, 0.25) is 0 Å². The predicted molar refractivity (Wildman–Crippen MR) is 88.7 cm³/mol. The van der Waals surface area contributed by atoms with Crippen LogP contribution in [0.1, 0.15) is 24.2 Å². The van der Waals surface area contributed by atoms with Gasteiger partial charge in [-0.05, 0) is 37.1 Å². The van der Waals surface area contributed by atoms with Gasteiger partial charge in [-0.3, -0.25) is 4.79 Å². The van der Waals surface area contributed by atoms with Gasteiger partial charge in [-0.2, -0.15) is 0 Å². The highest BCUT2D eigenvalue weighted by atomic mass is 19.1. The molecule has 0 atom stereocenters. The first-order valence-corrected chi connectivity index (χ1v) is 8.04. The predicted octanol–water partition coefficient (Wildman–Crippen LogP) is 3.17. The van der Waals surface area contributed by atoms with Crippen molar-refractivity contribution in [2.24, 2.45) is 0 Å². The quantitative estimate of drug-likeness (QED) is 0.572. The molecule has 1 saturated carbocycles. The standard InChI is InChI=1S/C19H18FNO4/c20-17-6-2-1-4-14(17)12-21(15-7-8-15)18(22)13-25-19(23)10-9-16-5-3-11-24-16/h1-6,9-11,15H,7-8,12-13H2/b10-9+. The van der Waals surface area contributed by atoms with E-state index < -0.39 is 5.97 Å². The van der Waals surface area contributed by atoms with Crippen LogP contribution < -0.4 is 0 Å². The van der Waals surface area contributed by atoms with Gasteiger partial charge in [-0.15, -0.1) is 0 Å². The summed E-state index contributed by atoms with van der Waals surface area (Å²) in [5, 5.41) is 0. The van der Waals surface area contributed by atoms with E-state index in [1.807, 2.05) is 0 Å². The highest BCUT2D eigenvalue weighted by molar-refractivity contribution is 5.89. The van der Waals surface area contributed by atoms with E-state index >= 15 is 0 Å². The molecule has 5 nitrogen and oxygen atoms in total. The van der Waals surface area contributed by atoms with Crippen molar-refractivity contribution in [3.05, 3.63) is 65.9 Å². The van der Waals surface area contributed by atoms with Crippen molar-refractivity contribution in [3.63, 3.8) is 0 Å². The normalized spacial score (nSPS) is 13.8. The van der Waals surface area contributed by atoms with Crippen LogP contribution in [-0.4, -0.2) is 29.4 Å². The molecule has 1 aromatic heterocycles. The van der Waals surface area contributed by atoms with E-state index in [2.05, 4.69) is 0 Å². The number of amides is 1. The largest absolute Gasteiger partial charge is 0.465 e. The molecule has 3 rings (SSSR count). The summed E-state index contributed by atoms with van der Waals surface area (Å²) in [4.78, 5) is 25.6. The van der Waals surface area contributed by atoms with Gasteiger partial charge in [0.25, 0.3) is 5.91 Å². The molecular weight excluding hydrogens is 325 g/mol. The van der Waals surface area contributed by atoms with E-state index in [-0.39, 0.29) is 30.9 Å². The number of benzene rings is 1. The summed E-state index contributed by atoms with van der Waals surface area (Å²) in [5.74, 6) is -0.793. The fourth-order valence-electron chi connectivity index (χ4n) is 2.42. The van der Waals surface area contributed by atoms with E-state index in [1.54, 1.807) is 35.2 Å². The van der Waals surface area contributed by atoms with Crippen LogP contribution in [0.25, 0.3) is 6.08 Å². The molecule has 0 aliphatic heterocycles. The Morgan fingerprint density at radius 3 is 2.72 bits per heavy atom. The molecule has 1 amide bonds. The van der Waals surface area contributed by atoms with Crippen molar-refractivity contribution in [2.75, 3.05) is 6.61 Å². The van der Waals surface area contributed by atoms with Gasteiger partial charge in [0.15, 0.2) is 6.61 Å². The Bertz CT molecular complexity index is 765. The molecular formula is C19H18FNO4. The van der Waals surface area contributed by atoms with Crippen molar-refractivity contribution < 1.29 is 23.1 Å². The summed E-state index contributed by atoms with van der Waals surface area (Å²) in [5.41, 5.74) is 0.451. The number of hydrogen-bond acceptors (Lipinski definition) is 4. The molecule has 0 N–H and O–H groups in total. The van der Waals surface area contributed by atoms with Gasteiger partial charge in [0.05, 0.1) is 6.26 Å². The fourth-order valence-corrected chi connectivity index (χ4v) is 2.42. The Labute approximate surface area is 144 Å². The van der Waals surface area contributed by atoms with Crippen LogP contribution in [0.2, 0.25) is 0 Å². The van der Waals surface area contributed by atoms with Crippen molar-refractivity contribution in [2.45, 2.75) is 25.4 Å². The summed E-state index contributed by atoms with van der Waals surface area (Å²) < 4.78 is 23.8. The van der Waals surface area contributed by atoms with Crippen LogP contribution in [0, 0.1) is 5.82 Å². The molecule has 1 fully saturated rings. The van der Waals surface area contributed by atoms with Crippen molar-refractivity contribution in [3.8, 4) is 0 Å². The Kier molecular flexibility index (Phi) is 5.28. The molecule has 0 radical (unpaired) electrons. The van der Waals surface area contributed by atoms with E-state index in [0.29, 0.717) is 11.3 Å². The van der Waals surface area contributed by atoms with Crippen LogP contribution in [0.3, 0.4) is 0 Å². The monoisotopic (exact) mass is 343 g/mol. The SMILES string of the molecule is O=C(/C=C/c1ccco1)OCC(=O)N(Cc1ccccc1F)C1CC1. The number of esters is 1. The maximum Gasteiger partial charge on any atom is 0.331 e. The zero-order valence-electron chi connectivity index (χ0n) is 13.6. The number of ether oxygens (including phenoxy) is 1. The highest BCUT2D eigenvalue weighted by Crippen LogP contribution is 2.29. The minimum atomic E-state index is -0.633. The minimum absolute atomic E-state index is 0.0875. The molecule has 0 spiro atoms. The average Bonchev–Trinajstić information content (AvgIpc) is 3.31. The van der Waals surface area contributed by atoms with Gasteiger partial charge in [0.1, 0.15) is 11.6 Å². The lowest BCUT2D eigenvalue weighted by Gasteiger charge is -2.22. The first kappa shape index (κ1) is 17.0. The second-order valence-corrected chi connectivity index (χ2v) is 5.80. The molecule has 2 aromatic rings. The minimum Gasteiger partial charge on any atom is -0.465 e. The molecule has 1 heterocycles. The molecule has 0 bridgehead atoms. The summed E-state index contributed by atoms with van der Waals surface area (Å²) in [6.45, 7) is -0.192. The number of carbonyl (C=O) groups is 2. The lowest BCUT2D eigenvalue weighted by Crippen LogP contribution is -2.36. The number of nitrogens with zero attached hydrogens (tertiary/aromatic N) is 1. The third kappa shape index (κ3) is 4.79. The van der Waals surface area contributed by atoms with E-state index in [4.69, 9.17) is 9.15 Å². The van der Waals surface area contributed by atoms with Crippen LogP contribution in [0.4, 0.5) is 4.39 Å². The maximum absolute atomic E-state index is 13.8. The van der Waals surface area contributed by atoms with Crippen molar-refractivity contribution in [1.29, 1.82) is 0 Å². The Hall–Kier alpha value is -2.89. The molecule has 1 aliphatic rings. The van der Waals surface area contributed by atoms with E-state index in [1.165, 1.54) is 24.5 Å². The second kappa shape index (κ2) is 7.79. The summed E-state index contributed by atoms with van der Waals surface area (Å²) >= 11 is 0. The van der Waals surface area contributed by atoms with Crippen LogP contribution in [-0.2, 0) is 20.9 Å². The topological polar surface area (TPSA) is 59.8 Å². The number of carbonyl (C=O) groups excluding carboxylic acids is 2. The van der Waals surface area contributed by atoms with Crippen LogP contribution in [0.15, 0.2) is 53.2 Å². The fraction of sp³-hybridized carbons (Fsp3) is 0.263. The molecule has 1 aromatic carbocycles. The molecule has 0 saturated heterocycles. The van der Waals surface area contributed by atoms with Crippen LogP contribution >= 0.6 is 0 Å². The Morgan fingerprint density at radius 2 is 2.04 bits per heavy atom. The molecule has 130 valence electrons. The van der Waals surface area contributed by atoms with Gasteiger partial charge in [-0.1, -0.05) is 18.2 Å². The first-order chi connectivity index (χ1) is 12.1. The smallest absolute Gasteiger partial charge is 0.331 e. The zero-order chi connectivity index (χ0) is 17.6. The van der Waals surface area contributed by atoms with Gasteiger partial charge in [0, 0.05) is 24.2 Å². The van der Waals surface area contributed by atoms with Gasteiger partial charge >= 0.3 is 5.97 Å². The number of rotatable bonds is 7. The van der Waals surface area contributed by atoms with E-state index in [0.717, 1.165) is 12.8 Å². The third-order valence-electron chi connectivity index (χ3n) is 3.87. The Morgan fingerprint density at radius 1 is 1.24 bits per heavy atom. The lowest BCUT2D eigenvalue weighted by atomic mass is 10.2. The number of furan rings is 1.